The monoisotopic (exact) mass is 454 g/mol. The lowest BCUT2D eigenvalue weighted by molar-refractivity contribution is -0.125. The molecule has 11 nitrogen and oxygen atoms in total. The van der Waals surface area contributed by atoms with E-state index in [0.29, 0.717) is 35.5 Å². The lowest BCUT2D eigenvalue weighted by Crippen LogP contribution is -2.57. The number of carbonyl (C=O) groups is 3. The SMILES string of the molecule is CCNC(=O)Nc1sc2ccccc2c1C(=O)C1CNCCC12N=C(CN=[N+]=[N-])NC2=O. The maximum absolute atomic E-state index is 13.9. The number of nitrogens with one attached hydrogen (secondary N) is 4. The predicted molar refractivity (Wildman–Crippen MR) is 122 cm³/mol. The van der Waals surface area contributed by atoms with Gasteiger partial charge in [0.25, 0.3) is 5.91 Å². The van der Waals surface area contributed by atoms with E-state index in [1.165, 1.54) is 11.3 Å². The normalized spacial score (nSPS) is 22.2. The van der Waals surface area contributed by atoms with Crippen molar-refractivity contribution in [3.63, 3.8) is 0 Å². The minimum Gasteiger partial charge on any atom is -0.338 e. The molecule has 1 aromatic carbocycles. The summed E-state index contributed by atoms with van der Waals surface area (Å²) in [5.41, 5.74) is 7.68. The van der Waals surface area contributed by atoms with Crippen LogP contribution in [0.1, 0.15) is 23.7 Å². The molecule has 2 atom stereocenters. The summed E-state index contributed by atoms with van der Waals surface area (Å²) < 4.78 is 0.851. The molecular formula is C20H22N8O3S. The summed E-state index contributed by atoms with van der Waals surface area (Å²) in [6, 6.07) is 7.00. The number of urea groups is 1. The quantitative estimate of drug-likeness (QED) is 0.228. The van der Waals surface area contributed by atoms with E-state index in [1.54, 1.807) is 6.92 Å². The molecule has 4 N–H and O–H groups in total. The van der Waals surface area contributed by atoms with Crippen molar-refractivity contribution in [3.8, 4) is 0 Å². The minimum atomic E-state index is -1.28. The summed E-state index contributed by atoms with van der Waals surface area (Å²) in [6.07, 6.45) is 0.330. The fraction of sp³-hybridized carbons (Fsp3) is 0.400. The van der Waals surface area contributed by atoms with E-state index in [-0.39, 0.29) is 30.6 Å². The number of nitrogens with zero attached hydrogens (tertiary/aromatic N) is 4. The molecule has 0 saturated carbocycles. The molecule has 2 aromatic rings. The number of fused-ring (bicyclic) bond motifs is 1. The lowest BCUT2D eigenvalue weighted by Gasteiger charge is -2.36. The first-order valence-corrected chi connectivity index (χ1v) is 11.0. The molecule has 0 bridgehead atoms. The number of amidine groups is 1. The zero-order valence-electron chi connectivity index (χ0n) is 17.3. The van der Waals surface area contributed by atoms with Crippen molar-refractivity contribution >= 4 is 50.0 Å². The third-order valence-corrected chi connectivity index (χ3v) is 6.69. The summed E-state index contributed by atoms with van der Waals surface area (Å²) in [7, 11) is 0. The van der Waals surface area contributed by atoms with Gasteiger partial charge >= 0.3 is 6.03 Å². The van der Waals surface area contributed by atoms with Crippen molar-refractivity contribution in [2.45, 2.75) is 18.9 Å². The first kappa shape index (κ1) is 21.8. The van der Waals surface area contributed by atoms with Gasteiger partial charge in [-0.05, 0) is 31.5 Å². The number of aliphatic imine (C=N–C) groups is 1. The van der Waals surface area contributed by atoms with E-state index in [1.807, 2.05) is 24.3 Å². The smallest absolute Gasteiger partial charge is 0.319 e. The number of carbonyl (C=O) groups excluding carboxylic acids is 3. The summed E-state index contributed by atoms with van der Waals surface area (Å²) >= 11 is 1.31. The number of hydrogen-bond acceptors (Lipinski definition) is 7. The maximum Gasteiger partial charge on any atom is 0.319 e. The summed E-state index contributed by atoms with van der Waals surface area (Å²) in [4.78, 5) is 46.4. The van der Waals surface area contributed by atoms with Gasteiger partial charge in [0.15, 0.2) is 11.3 Å². The molecule has 2 unspecified atom stereocenters. The Labute approximate surface area is 187 Å². The number of hydrogen-bond donors (Lipinski definition) is 4. The van der Waals surface area contributed by atoms with Crippen LogP contribution in [-0.2, 0) is 4.79 Å². The first-order chi connectivity index (χ1) is 15.5. The van der Waals surface area contributed by atoms with Gasteiger partial charge in [0.05, 0.1) is 18.0 Å². The summed E-state index contributed by atoms with van der Waals surface area (Å²) in [6.45, 7) is 2.93. The third-order valence-electron chi connectivity index (χ3n) is 5.60. The van der Waals surface area contributed by atoms with Gasteiger partial charge in [-0.3, -0.25) is 19.9 Å². The summed E-state index contributed by atoms with van der Waals surface area (Å²) in [5, 5.41) is 15.9. The number of piperidine rings is 1. The highest BCUT2D eigenvalue weighted by Gasteiger charge is 2.54. The van der Waals surface area contributed by atoms with Gasteiger partial charge in [0, 0.05) is 28.1 Å². The Balaban J connectivity index is 1.77. The first-order valence-electron chi connectivity index (χ1n) is 10.2. The minimum absolute atomic E-state index is 0.0935. The van der Waals surface area contributed by atoms with Gasteiger partial charge in [0.1, 0.15) is 10.8 Å². The molecule has 166 valence electrons. The second-order valence-corrected chi connectivity index (χ2v) is 8.54. The van der Waals surface area contributed by atoms with Crippen LogP contribution in [0.25, 0.3) is 20.5 Å². The molecule has 1 saturated heterocycles. The van der Waals surface area contributed by atoms with Crippen molar-refractivity contribution < 1.29 is 14.4 Å². The Morgan fingerprint density at radius 1 is 1.41 bits per heavy atom. The molecule has 12 heteroatoms. The maximum atomic E-state index is 13.9. The van der Waals surface area contributed by atoms with E-state index < -0.39 is 17.5 Å². The second kappa shape index (κ2) is 8.95. The molecule has 0 aliphatic carbocycles. The number of ketones is 1. The van der Waals surface area contributed by atoms with E-state index in [9.17, 15) is 14.4 Å². The average molecular weight is 455 g/mol. The third kappa shape index (κ3) is 3.79. The van der Waals surface area contributed by atoms with Crippen LogP contribution >= 0.6 is 11.3 Å². The van der Waals surface area contributed by atoms with E-state index in [4.69, 9.17) is 5.53 Å². The molecule has 2 aliphatic rings. The van der Waals surface area contributed by atoms with Crippen LogP contribution in [0.4, 0.5) is 9.80 Å². The molecular weight excluding hydrogens is 432 g/mol. The molecule has 32 heavy (non-hydrogen) atoms. The van der Waals surface area contributed by atoms with Crippen molar-refractivity contribution in [1.82, 2.24) is 16.0 Å². The Kier molecular flexibility index (Phi) is 6.08. The molecule has 4 rings (SSSR count). The van der Waals surface area contributed by atoms with Gasteiger partial charge in [-0.25, -0.2) is 4.79 Å². The summed E-state index contributed by atoms with van der Waals surface area (Å²) in [5.74, 6) is -1.18. The lowest BCUT2D eigenvalue weighted by atomic mass is 9.74. The second-order valence-electron chi connectivity index (χ2n) is 7.48. The number of thiophene rings is 1. The molecule has 1 aromatic heterocycles. The van der Waals surface area contributed by atoms with Crippen LogP contribution in [0.15, 0.2) is 34.4 Å². The average Bonchev–Trinajstić information content (AvgIpc) is 3.29. The van der Waals surface area contributed by atoms with E-state index in [0.717, 1.165) is 4.70 Å². The number of Topliss-reactive ketones (excluding diaryl/α,β-unsaturated/α-hetero) is 1. The zero-order valence-corrected chi connectivity index (χ0v) is 18.2. The number of benzene rings is 1. The number of amides is 3. The van der Waals surface area contributed by atoms with Crippen molar-refractivity contribution in [1.29, 1.82) is 0 Å². The number of rotatable bonds is 6. The van der Waals surface area contributed by atoms with Crippen molar-refractivity contribution in [2.24, 2.45) is 16.0 Å². The van der Waals surface area contributed by atoms with Crippen LogP contribution < -0.4 is 21.3 Å². The topological polar surface area (TPSA) is 160 Å². The van der Waals surface area contributed by atoms with Gasteiger partial charge in [-0.15, -0.1) is 11.3 Å². The van der Waals surface area contributed by atoms with Crippen LogP contribution in [0.3, 0.4) is 0 Å². The molecule has 3 amide bonds. The number of azide groups is 1. The molecule has 0 radical (unpaired) electrons. The Morgan fingerprint density at radius 3 is 3.00 bits per heavy atom. The number of anilines is 1. The largest absolute Gasteiger partial charge is 0.338 e. The van der Waals surface area contributed by atoms with Gasteiger partial charge in [-0.2, -0.15) is 0 Å². The van der Waals surface area contributed by atoms with Crippen LogP contribution in [0.5, 0.6) is 0 Å². The molecule has 3 heterocycles. The Bertz CT molecular complexity index is 1170. The van der Waals surface area contributed by atoms with Gasteiger partial charge in [-0.1, -0.05) is 23.3 Å². The van der Waals surface area contributed by atoms with Crippen molar-refractivity contribution in [3.05, 3.63) is 40.3 Å². The Morgan fingerprint density at radius 2 is 2.22 bits per heavy atom. The standard InChI is InChI=1S/C20H22N8O3S/c1-2-23-19(31)26-17-15(11-5-3-4-6-13(11)32-17)16(29)12-9-22-8-7-20(12)18(30)25-14(27-20)10-24-28-21/h3-6,12,22H,2,7-10H2,1H3,(H2,23,26,31)(H,25,27,30). The molecule has 1 fully saturated rings. The predicted octanol–water partition coefficient (Wildman–Crippen LogP) is 2.41. The molecule has 2 aliphatic heterocycles. The fourth-order valence-corrected chi connectivity index (χ4v) is 5.28. The van der Waals surface area contributed by atoms with Crippen LogP contribution in [0.2, 0.25) is 0 Å². The highest BCUT2D eigenvalue weighted by molar-refractivity contribution is 7.23. The Hall–Kier alpha value is -3.47. The highest BCUT2D eigenvalue weighted by atomic mass is 32.1. The van der Waals surface area contributed by atoms with Gasteiger partial charge < -0.3 is 16.0 Å². The van der Waals surface area contributed by atoms with Crippen LogP contribution in [0, 0.1) is 5.92 Å². The van der Waals surface area contributed by atoms with Crippen LogP contribution in [-0.4, -0.2) is 55.3 Å². The highest BCUT2D eigenvalue weighted by Crippen LogP contribution is 2.41. The zero-order chi connectivity index (χ0) is 22.7. The molecule has 1 spiro atoms. The van der Waals surface area contributed by atoms with E-state index >= 15 is 0 Å². The fourth-order valence-electron chi connectivity index (χ4n) is 4.18. The van der Waals surface area contributed by atoms with Gasteiger partial charge in [0.2, 0.25) is 0 Å². The van der Waals surface area contributed by atoms with E-state index in [2.05, 4.69) is 36.3 Å². The van der Waals surface area contributed by atoms with Crippen molar-refractivity contribution in [2.75, 3.05) is 31.5 Å².